The third-order valence-electron chi connectivity index (χ3n) is 3.40. The van der Waals surface area contributed by atoms with Gasteiger partial charge in [-0.25, -0.2) is 4.98 Å². The number of hydrogen-bond donors (Lipinski definition) is 0. The van der Waals surface area contributed by atoms with Crippen LogP contribution in [0.4, 0.5) is 0 Å². The Kier molecular flexibility index (Phi) is 4.49. The lowest BCUT2D eigenvalue weighted by atomic mass is 10.1. The largest absolute Gasteiger partial charge is 0.494 e. The maximum Gasteiger partial charge on any atom is 0.182 e. The van der Waals surface area contributed by atoms with Crippen LogP contribution in [-0.4, -0.2) is 16.6 Å². The number of hydrogen-bond acceptors (Lipinski definition) is 4. The quantitative estimate of drug-likeness (QED) is 0.624. The highest BCUT2D eigenvalue weighted by atomic mass is 16.5. The van der Waals surface area contributed by atoms with Crippen molar-refractivity contribution in [2.24, 2.45) is 0 Å². The molecule has 0 bridgehead atoms. The molecule has 22 heavy (non-hydrogen) atoms. The van der Waals surface area contributed by atoms with Gasteiger partial charge < -0.3 is 9.15 Å². The summed E-state index contributed by atoms with van der Waals surface area (Å²) in [5.41, 5.74) is 2.79. The average Bonchev–Trinajstić information content (AvgIpc) is 3.06. The van der Waals surface area contributed by atoms with Crippen molar-refractivity contribution in [3.8, 4) is 28.3 Å². The van der Waals surface area contributed by atoms with Gasteiger partial charge >= 0.3 is 0 Å². The first-order chi connectivity index (χ1) is 10.9. The van der Waals surface area contributed by atoms with Crippen molar-refractivity contribution in [3.63, 3.8) is 0 Å². The molecule has 0 unspecified atom stereocenters. The Labute approximate surface area is 129 Å². The summed E-state index contributed by atoms with van der Waals surface area (Å²) in [6.07, 6.45) is 7.15. The fourth-order valence-electron chi connectivity index (χ4n) is 2.20. The highest BCUT2D eigenvalue weighted by Gasteiger charge is 2.12. The molecule has 0 aliphatic carbocycles. The van der Waals surface area contributed by atoms with Gasteiger partial charge in [-0.05, 0) is 42.8 Å². The molecule has 0 aliphatic rings. The molecule has 0 fully saturated rings. The number of nitrogens with zero attached hydrogens (tertiary/aromatic N) is 2. The van der Waals surface area contributed by atoms with E-state index in [9.17, 15) is 0 Å². The van der Waals surface area contributed by atoms with Crippen molar-refractivity contribution >= 4 is 0 Å². The highest BCUT2D eigenvalue weighted by molar-refractivity contribution is 5.76. The summed E-state index contributed by atoms with van der Waals surface area (Å²) >= 11 is 0. The molecule has 0 radical (unpaired) electrons. The Morgan fingerprint density at radius 3 is 2.50 bits per heavy atom. The predicted octanol–water partition coefficient (Wildman–Crippen LogP) is 4.58. The molecular formula is C18H18N2O2. The van der Waals surface area contributed by atoms with Crippen molar-refractivity contribution in [2.45, 2.75) is 19.8 Å². The van der Waals surface area contributed by atoms with E-state index in [-0.39, 0.29) is 0 Å². The van der Waals surface area contributed by atoms with Crippen molar-refractivity contribution in [2.75, 3.05) is 6.61 Å². The highest BCUT2D eigenvalue weighted by Crippen LogP contribution is 2.31. The maximum absolute atomic E-state index is 5.68. The Morgan fingerprint density at radius 1 is 1.00 bits per heavy atom. The van der Waals surface area contributed by atoms with Crippen molar-refractivity contribution in [1.29, 1.82) is 0 Å². The van der Waals surface area contributed by atoms with Gasteiger partial charge in [0.25, 0.3) is 0 Å². The van der Waals surface area contributed by atoms with Crippen LogP contribution in [-0.2, 0) is 0 Å². The van der Waals surface area contributed by atoms with E-state index in [4.69, 9.17) is 9.15 Å². The van der Waals surface area contributed by atoms with Gasteiger partial charge in [0.1, 0.15) is 11.4 Å². The number of aromatic nitrogens is 2. The van der Waals surface area contributed by atoms with E-state index in [1.807, 2.05) is 36.4 Å². The molecule has 3 rings (SSSR count). The first-order valence-electron chi connectivity index (χ1n) is 7.45. The van der Waals surface area contributed by atoms with Gasteiger partial charge in [0, 0.05) is 23.5 Å². The second-order valence-electron chi connectivity index (χ2n) is 4.99. The van der Waals surface area contributed by atoms with Gasteiger partial charge in [-0.2, -0.15) is 0 Å². The van der Waals surface area contributed by atoms with Crippen LogP contribution in [0, 0.1) is 0 Å². The van der Waals surface area contributed by atoms with E-state index in [1.165, 1.54) is 6.39 Å². The summed E-state index contributed by atoms with van der Waals surface area (Å²) < 4.78 is 11.2. The zero-order valence-corrected chi connectivity index (χ0v) is 12.5. The fraction of sp³-hybridized carbons (Fsp3) is 0.222. The second kappa shape index (κ2) is 6.89. The van der Waals surface area contributed by atoms with E-state index in [0.29, 0.717) is 0 Å². The zero-order chi connectivity index (χ0) is 15.2. The number of unbranched alkanes of at least 4 members (excludes halogenated alkanes) is 1. The van der Waals surface area contributed by atoms with E-state index in [0.717, 1.165) is 47.8 Å². The van der Waals surface area contributed by atoms with Gasteiger partial charge in [0.15, 0.2) is 12.2 Å². The zero-order valence-electron chi connectivity index (χ0n) is 12.5. The van der Waals surface area contributed by atoms with E-state index in [2.05, 4.69) is 16.9 Å². The molecule has 2 aromatic heterocycles. The molecule has 4 nitrogen and oxygen atoms in total. The lowest BCUT2D eigenvalue weighted by molar-refractivity contribution is 0.309. The van der Waals surface area contributed by atoms with Crippen LogP contribution in [0.25, 0.3) is 22.6 Å². The SMILES string of the molecule is CCCCOc1ccc(-c2ncoc2-c2ccncc2)cc1. The summed E-state index contributed by atoms with van der Waals surface area (Å²) in [6, 6.07) is 11.8. The van der Waals surface area contributed by atoms with Crippen LogP contribution in [0.2, 0.25) is 0 Å². The molecule has 4 heteroatoms. The molecule has 0 saturated carbocycles. The van der Waals surface area contributed by atoms with Crippen LogP contribution in [0.5, 0.6) is 5.75 Å². The monoisotopic (exact) mass is 294 g/mol. The van der Waals surface area contributed by atoms with Crippen molar-refractivity contribution < 1.29 is 9.15 Å². The van der Waals surface area contributed by atoms with Gasteiger partial charge in [0.05, 0.1) is 6.61 Å². The summed E-state index contributed by atoms with van der Waals surface area (Å²) in [6.45, 7) is 2.90. The molecule has 2 heterocycles. The molecule has 0 amide bonds. The standard InChI is InChI=1S/C18H18N2O2/c1-2-3-12-21-16-6-4-14(5-7-16)17-18(22-13-20-17)15-8-10-19-11-9-15/h4-11,13H,2-3,12H2,1H3. The molecule has 0 aliphatic heterocycles. The van der Waals surface area contributed by atoms with Crippen LogP contribution < -0.4 is 4.74 Å². The molecule has 1 aromatic carbocycles. The first-order valence-corrected chi connectivity index (χ1v) is 7.45. The predicted molar refractivity (Wildman–Crippen MR) is 85.6 cm³/mol. The maximum atomic E-state index is 5.68. The average molecular weight is 294 g/mol. The minimum Gasteiger partial charge on any atom is -0.494 e. The Bertz CT molecular complexity index is 705. The van der Waals surface area contributed by atoms with E-state index < -0.39 is 0 Å². The molecule has 0 spiro atoms. The summed E-state index contributed by atoms with van der Waals surface area (Å²) in [4.78, 5) is 8.37. The molecule has 0 N–H and O–H groups in total. The third kappa shape index (κ3) is 3.17. The van der Waals surface area contributed by atoms with Crippen LogP contribution in [0.3, 0.4) is 0 Å². The van der Waals surface area contributed by atoms with Crippen LogP contribution in [0.1, 0.15) is 19.8 Å². The van der Waals surface area contributed by atoms with Gasteiger partial charge in [-0.3, -0.25) is 4.98 Å². The Morgan fingerprint density at radius 2 is 1.77 bits per heavy atom. The number of pyridine rings is 1. The van der Waals surface area contributed by atoms with Gasteiger partial charge in [-0.1, -0.05) is 13.3 Å². The van der Waals surface area contributed by atoms with Gasteiger partial charge in [0.2, 0.25) is 0 Å². The first kappa shape index (κ1) is 14.3. The number of oxazole rings is 1. The second-order valence-corrected chi connectivity index (χ2v) is 4.99. The van der Waals surface area contributed by atoms with Crippen LogP contribution in [0.15, 0.2) is 59.6 Å². The summed E-state index contributed by atoms with van der Waals surface area (Å²) in [7, 11) is 0. The number of ether oxygens (including phenoxy) is 1. The third-order valence-corrected chi connectivity index (χ3v) is 3.40. The number of benzene rings is 1. The van der Waals surface area contributed by atoms with E-state index >= 15 is 0 Å². The topological polar surface area (TPSA) is 48.2 Å². The summed E-state index contributed by atoms with van der Waals surface area (Å²) in [5, 5.41) is 0. The smallest absolute Gasteiger partial charge is 0.182 e. The van der Waals surface area contributed by atoms with Crippen LogP contribution >= 0.6 is 0 Å². The van der Waals surface area contributed by atoms with Crippen molar-refractivity contribution in [1.82, 2.24) is 9.97 Å². The van der Waals surface area contributed by atoms with Crippen molar-refractivity contribution in [3.05, 3.63) is 55.2 Å². The number of rotatable bonds is 6. The molecule has 3 aromatic rings. The molecule has 112 valence electrons. The molecule has 0 saturated heterocycles. The normalized spacial score (nSPS) is 10.6. The Balaban J connectivity index is 1.82. The minimum atomic E-state index is 0.752. The lowest BCUT2D eigenvalue weighted by Crippen LogP contribution is -1.96. The van der Waals surface area contributed by atoms with Gasteiger partial charge in [-0.15, -0.1) is 0 Å². The Hall–Kier alpha value is -2.62. The molecule has 0 atom stereocenters. The summed E-state index contributed by atoms with van der Waals surface area (Å²) in [5.74, 6) is 1.63. The minimum absolute atomic E-state index is 0.752. The van der Waals surface area contributed by atoms with E-state index in [1.54, 1.807) is 12.4 Å². The lowest BCUT2D eigenvalue weighted by Gasteiger charge is -2.06. The fourth-order valence-corrected chi connectivity index (χ4v) is 2.20. The molecular weight excluding hydrogens is 276 g/mol.